The van der Waals surface area contributed by atoms with Crippen LogP contribution in [0.5, 0.6) is 11.5 Å². The molecule has 2 aromatic rings. The van der Waals surface area contributed by atoms with E-state index in [9.17, 15) is 5.11 Å². The third kappa shape index (κ3) is 3.48. The van der Waals surface area contributed by atoms with Gasteiger partial charge in [-0.25, -0.2) is 0 Å². The third-order valence-corrected chi connectivity index (χ3v) is 3.51. The number of benzene rings is 2. The van der Waals surface area contributed by atoms with Gasteiger partial charge in [-0.2, -0.15) is 0 Å². The molecule has 0 radical (unpaired) electrons. The Morgan fingerprint density at radius 1 is 1.10 bits per heavy atom. The van der Waals surface area contributed by atoms with E-state index in [1.54, 1.807) is 6.07 Å². The van der Waals surface area contributed by atoms with Crippen molar-refractivity contribution in [3.8, 4) is 22.6 Å². The summed E-state index contributed by atoms with van der Waals surface area (Å²) in [6.07, 6.45) is 2.94. The average molecular weight is 285 g/mol. The lowest BCUT2D eigenvalue weighted by Crippen LogP contribution is -1.98. The van der Waals surface area contributed by atoms with E-state index in [1.165, 1.54) is 0 Å². The van der Waals surface area contributed by atoms with Crippen LogP contribution >= 0.6 is 0 Å². The van der Waals surface area contributed by atoms with Crippen molar-refractivity contribution >= 4 is 5.69 Å². The number of hydrogen-bond acceptors (Lipinski definition) is 3. The lowest BCUT2D eigenvalue weighted by atomic mass is 9.94. The Bertz CT molecular complexity index is 608. The molecule has 0 fully saturated rings. The molecule has 21 heavy (non-hydrogen) atoms. The molecule has 0 amide bonds. The maximum Gasteiger partial charge on any atom is 0.127 e. The molecule has 0 unspecified atom stereocenters. The van der Waals surface area contributed by atoms with E-state index in [2.05, 4.69) is 6.92 Å². The van der Waals surface area contributed by atoms with Crippen molar-refractivity contribution in [3.05, 3.63) is 42.0 Å². The van der Waals surface area contributed by atoms with E-state index < -0.39 is 0 Å². The summed E-state index contributed by atoms with van der Waals surface area (Å²) in [5.74, 6) is 1.09. The van der Waals surface area contributed by atoms with Crippen molar-refractivity contribution in [1.82, 2.24) is 0 Å². The lowest BCUT2D eigenvalue weighted by molar-refractivity contribution is 0.341. The standard InChI is InChI=1S/C18H23NO2/c1-3-5-8-14-16(11-13(19)12-17(14)20)15-9-6-7-10-18(15)21-4-2/h6-7,9-12,20H,3-5,8,19H2,1-2H3. The van der Waals surface area contributed by atoms with E-state index in [0.717, 1.165) is 41.7 Å². The average Bonchev–Trinajstić information content (AvgIpc) is 2.47. The summed E-state index contributed by atoms with van der Waals surface area (Å²) in [6, 6.07) is 11.4. The molecular formula is C18H23NO2. The Morgan fingerprint density at radius 3 is 2.57 bits per heavy atom. The molecule has 0 aliphatic heterocycles. The number of aromatic hydroxyl groups is 1. The summed E-state index contributed by atoms with van der Waals surface area (Å²) < 4.78 is 5.71. The van der Waals surface area contributed by atoms with E-state index in [-0.39, 0.29) is 5.75 Å². The maximum absolute atomic E-state index is 10.3. The third-order valence-electron chi connectivity index (χ3n) is 3.51. The van der Waals surface area contributed by atoms with Crippen molar-refractivity contribution in [2.45, 2.75) is 33.1 Å². The number of anilines is 1. The minimum absolute atomic E-state index is 0.268. The molecular weight excluding hydrogens is 262 g/mol. The second-order valence-electron chi connectivity index (χ2n) is 5.10. The SMILES string of the molecule is CCCCc1c(O)cc(N)cc1-c1ccccc1OCC. The van der Waals surface area contributed by atoms with Gasteiger partial charge >= 0.3 is 0 Å². The van der Waals surface area contributed by atoms with Crippen LogP contribution in [0.15, 0.2) is 36.4 Å². The van der Waals surface area contributed by atoms with Gasteiger partial charge in [0, 0.05) is 22.9 Å². The van der Waals surface area contributed by atoms with Gasteiger partial charge in [0.05, 0.1) is 6.61 Å². The number of unbranched alkanes of at least 4 members (excludes halogenated alkanes) is 1. The van der Waals surface area contributed by atoms with Gasteiger partial charge in [-0.1, -0.05) is 31.5 Å². The number of ether oxygens (including phenoxy) is 1. The Hall–Kier alpha value is -2.16. The van der Waals surface area contributed by atoms with Gasteiger partial charge in [-0.15, -0.1) is 0 Å². The highest BCUT2D eigenvalue weighted by atomic mass is 16.5. The van der Waals surface area contributed by atoms with E-state index in [1.807, 2.05) is 37.3 Å². The van der Waals surface area contributed by atoms with Gasteiger partial charge in [-0.05, 0) is 37.5 Å². The first-order valence-corrected chi connectivity index (χ1v) is 7.50. The molecule has 0 atom stereocenters. The number of nitrogens with two attached hydrogens (primary N) is 1. The topological polar surface area (TPSA) is 55.5 Å². The van der Waals surface area contributed by atoms with Gasteiger partial charge in [0.15, 0.2) is 0 Å². The molecule has 112 valence electrons. The van der Waals surface area contributed by atoms with Gasteiger partial charge in [0.25, 0.3) is 0 Å². The van der Waals surface area contributed by atoms with Crippen LogP contribution in [0.3, 0.4) is 0 Å². The van der Waals surface area contributed by atoms with E-state index >= 15 is 0 Å². The van der Waals surface area contributed by atoms with Crippen LogP contribution in [0, 0.1) is 0 Å². The van der Waals surface area contributed by atoms with Crippen LogP contribution in [-0.4, -0.2) is 11.7 Å². The number of rotatable bonds is 6. The second kappa shape index (κ2) is 7.02. The van der Waals surface area contributed by atoms with Crippen LogP contribution in [0.4, 0.5) is 5.69 Å². The Labute approximate surface area is 126 Å². The zero-order valence-electron chi connectivity index (χ0n) is 12.7. The molecule has 0 aliphatic rings. The molecule has 0 aromatic heterocycles. The van der Waals surface area contributed by atoms with Gasteiger partial charge in [0.2, 0.25) is 0 Å². The normalized spacial score (nSPS) is 10.6. The second-order valence-corrected chi connectivity index (χ2v) is 5.10. The van der Waals surface area contributed by atoms with Crippen molar-refractivity contribution in [2.75, 3.05) is 12.3 Å². The van der Waals surface area contributed by atoms with Gasteiger partial charge in [0.1, 0.15) is 11.5 Å². The Balaban J connectivity index is 2.56. The highest BCUT2D eigenvalue weighted by molar-refractivity contribution is 5.78. The quantitative estimate of drug-likeness (QED) is 0.774. The molecule has 0 bridgehead atoms. The first-order valence-electron chi connectivity index (χ1n) is 7.50. The van der Waals surface area contributed by atoms with Crippen molar-refractivity contribution in [2.24, 2.45) is 0 Å². The monoisotopic (exact) mass is 285 g/mol. The summed E-state index contributed by atoms with van der Waals surface area (Å²) in [6.45, 7) is 4.71. The number of hydrogen-bond donors (Lipinski definition) is 2. The first-order chi connectivity index (χ1) is 10.2. The molecule has 3 heteroatoms. The summed E-state index contributed by atoms with van der Waals surface area (Å²) >= 11 is 0. The number of para-hydroxylation sites is 1. The zero-order valence-corrected chi connectivity index (χ0v) is 12.7. The fraction of sp³-hybridized carbons (Fsp3) is 0.333. The van der Waals surface area contributed by atoms with Crippen molar-refractivity contribution < 1.29 is 9.84 Å². The molecule has 3 nitrogen and oxygen atoms in total. The highest BCUT2D eigenvalue weighted by Gasteiger charge is 2.14. The van der Waals surface area contributed by atoms with Crippen LogP contribution < -0.4 is 10.5 Å². The molecule has 0 aliphatic carbocycles. The summed E-state index contributed by atoms with van der Waals surface area (Å²) in [7, 11) is 0. The molecule has 0 saturated heterocycles. The largest absolute Gasteiger partial charge is 0.508 e. The van der Waals surface area contributed by atoms with Crippen LogP contribution in [-0.2, 0) is 6.42 Å². The predicted octanol–water partition coefficient (Wildman–Crippen LogP) is 4.38. The summed E-state index contributed by atoms with van der Waals surface area (Å²) in [5.41, 5.74) is 9.37. The minimum atomic E-state index is 0.268. The van der Waals surface area contributed by atoms with Crippen LogP contribution in [0.2, 0.25) is 0 Å². The van der Waals surface area contributed by atoms with Crippen molar-refractivity contribution in [3.63, 3.8) is 0 Å². The fourth-order valence-corrected chi connectivity index (χ4v) is 2.51. The van der Waals surface area contributed by atoms with E-state index in [0.29, 0.717) is 12.3 Å². The number of phenols is 1. The molecule has 3 N–H and O–H groups in total. The number of nitrogen functional groups attached to an aromatic ring is 1. The smallest absolute Gasteiger partial charge is 0.127 e. The molecule has 2 aromatic carbocycles. The van der Waals surface area contributed by atoms with Gasteiger partial charge in [-0.3, -0.25) is 0 Å². The number of phenolic OH excluding ortho intramolecular Hbond substituents is 1. The molecule has 0 saturated carbocycles. The first kappa shape index (κ1) is 15.2. The minimum Gasteiger partial charge on any atom is -0.508 e. The molecule has 0 spiro atoms. The fourth-order valence-electron chi connectivity index (χ4n) is 2.51. The Morgan fingerprint density at radius 2 is 1.86 bits per heavy atom. The van der Waals surface area contributed by atoms with E-state index in [4.69, 9.17) is 10.5 Å². The zero-order chi connectivity index (χ0) is 15.2. The van der Waals surface area contributed by atoms with Crippen molar-refractivity contribution in [1.29, 1.82) is 0 Å². The van der Waals surface area contributed by atoms with Crippen LogP contribution in [0.1, 0.15) is 32.3 Å². The Kier molecular flexibility index (Phi) is 5.09. The summed E-state index contributed by atoms with van der Waals surface area (Å²) in [4.78, 5) is 0. The lowest BCUT2D eigenvalue weighted by Gasteiger charge is -2.16. The summed E-state index contributed by atoms with van der Waals surface area (Å²) in [5, 5.41) is 10.3. The van der Waals surface area contributed by atoms with Gasteiger partial charge < -0.3 is 15.6 Å². The molecule has 2 rings (SSSR count). The van der Waals surface area contributed by atoms with Crippen LogP contribution in [0.25, 0.3) is 11.1 Å². The molecule has 0 heterocycles. The predicted molar refractivity (Wildman–Crippen MR) is 87.7 cm³/mol. The maximum atomic E-state index is 10.3. The highest BCUT2D eigenvalue weighted by Crippen LogP contribution is 2.38.